The predicted molar refractivity (Wildman–Crippen MR) is 143 cm³/mol. The zero-order valence-corrected chi connectivity index (χ0v) is 22.2. The zero-order chi connectivity index (χ0) is 25.1. The van der Waals surface area contributed by atoms with Crippen LogP contribution >= 0.6 is 0 Å². The Balaban J connectivity index is 1.50. The van der Waals surface area contributed by atoms with E-state index in [0.29, 0.717) is 12.5 Å². The Morgan fingerprint density at radius 2 is 1.80 bits per heavy atom. The number of amides is 1. The van der Waals surface area contributed by atoms with Gasteiger partial charge in [-0.1, -0.05) is 39.7 Å². The molecule has 2 fully saturated rings. The lowest BCUT2D eigenvalue weighted by molar-refractivity contribution is -0.121. The van der Waals surface area contributed by atoms with Crippen molar-refractivity contribution in [1.29, 1.82) is 0 Å². The summed E-state index contributed by atoms with van der Waals surface area (Å²) in [5, 5.41) is 0. The van der Waals surface area contributed by atoms with E-state index in [2.05, 4.69) is 42.7 Å². The summed E-state index contributed by atoms with van der Waals surface area (Å²) in [6, 6.07) is 6.52. The van der Waals surface area contributed by atoms with Gasteiger partial charge in [0.15, 0.2) is 0 Å². The lowest BCUT2D eigenvalue weighted by Crippen LogP contribution is -2.52. The molecule has 1 aromatic carbocycles. The van der Waals surface area contributed by atoms with Crippen LogP contribution in [-0.4, -0.2) is 57.1 Å². The van der Waals surface area contributed by atoms with Crippen LogP contribution in [0.2, 0.25) is 0 Å². The number of carbonyl (C=O) groups is 1. The van der Waals surface area contributed by atoms with E-state index in [4.69, 9.17) is 5.73 Å². The van der Waals surface area contributed by atoms with E-state index in [1.54, 1.807) is 4.57 Å². The normalized spacial score (nSPS) is 20.7. The van der Waals surface area contributed by atoms with Crippen molar-refractivity contribution in [1.82, 2.24) is 18.9 Å². The van der Waals surface area contributed by atoms with E-state index < -0.39 is 11.9 Å². The van der Waals surface area contributed by atoms with Gasteiger partial charge in [-0.3, -0.25) is 23.7 Å². The minimum atomic E-state index is -0.603. The predicted octanol–water partition coefficient (Wildman–Crippen LogP) is 4.30. The first kappa shape index (κ1) is 26.0. The van der Waals surface area contributed by atoms with E-state index in [-0.39, 0.29) is 11.7 Å². The summed E-state index contributed by atoms with van der Waals surface area (Å²) in [6.45, 7) is 14.2. The summed E-state index contributed by atoms with van der Waals surface area (Å²) >= 11 is 0. The van der Waals surface area contributed by atoms with Gasteiger partial charge in [0.2, 0.25) is 5.91 Å². The van der Waals surface area contributed by atoms with E-state index in [0.717, 1.165) is 56.0 Å². The van der Waals surface area contributed by atoms with Crippen LogP contribution in [0.25, 0.3) is 11.0 Å². The van der Waals surface area contributed by atoms with E-state index in [9.17, 15) is 9.59 Å². The van der Waals surface area contributed by atoms with Gasteiger partial charge < -0.3 is 5.73 Å². The van der Waals surface area contributed by atoms with Gasteiger partial charge in [0.05, 0.1) is 11.0 Å². The molecule has 2 unspecified atom stereocenters. The SMILES string of the molecule is CCCC(CCC)CN1CCN(Cc2ccc3c(c2)n(C2CC2)c(=O)n3C(CC)C(N)=O)CC1C. The van der Waals surface area contributed by atoms with Gasteiger partial charge in [-0.2, -0.15) is 0 Å². The zero-order valence-electron chi connectivity index (χ0n) is 22.2. The summed E-state index contributed by atoms with van der Waals surface area (Å²) in [4.78, 5) is 30.7. The molecule has 7 heteroatoms. The lowest BCUT2D eigenvalue weighted by Gasteiger charge is -2.41. The number of nitrogens with two attached hydrogens (primary N) is 1. The Hall–Kier alpha value is -2.12. The summed E-state index contributed by atoms with van der Waals surface area (Å²) < 4.78 is 3.54. The van der Waals surface area contributed by atoms with Gasteiger partial charge >= 0.3 is 5.69 Å². The number of benzene rings is 1. The molecule has 2 heterocycles. The highest BCUT2D eigenvalue weighted by molar-refractivity contribution is 5.83. The first-order chi connectivity index (χ1) is 16.9. The third kappa shape index (κ3) is 5.67. The summed E-state index contributed by atoms with van der Waals surface area (Å²) in [6.07, 6.45) is 7.76. The molecule has 1 aliphatic carbocycles. The third-order valence-electron chi connectivity index (χ3n) is 8.05. The molecule has 2 aliphatic rings. The van der Waals surface area contributed by atoms with E-state index in [1.807, 2.05) is 17.6 Å². The van der Waals surface area contributed by atoms with Crippen LogP contribution in [0.3, 0.4) is 0 Å². The molecule has 7 nitrogen and oxygen atoms in total. The average molecular weight is 484 g/mol. The van der Waals surface area contributed by atoms with Gasteiger partial charge in [0.25, 0.3) is 0 Å². The highest BCUT2D eigenvalue weighted by atomic mass is 16.2. The monoisotopic (exact) mass is 483 g/mol. The van der Waals surface area contributed by atoms with Crippen molar-refractivity contribution in [2.45, 2.75) is 97.3 Å². The number of hydrogen-bond donors (Lipinski definition) is 1. The van der Waals surface area contributed by atoms with E-state index in [1.165, 1.54) is 37.8 Å². The Bertz CT molecular complexity index is 1060. The van der Waals surface area contributed by atoms with Gasteiger partial charge in [-0.05, 0) is 62.6 Å². The average Bonchev–Trinajstić information content (AvgIpc) is 3.61. The van der Waals surface area contributed by atoms with Crippen molar-refractivity contribution in [3.8, 4) is 0 Å². The molecule has 2 aromatic rings. The number of rotatable bonds is 12. The largest absolute Gasteiger partial charge is 0.368 e. The number of nitrogens with zero attached hydrogens (tertiary/aromatic N) is 4. The van der Waals surface area contributed by atoms with Gasteiger partial charge in [-0.25, -0.2) is 4.79 Å². The quantitative estimate of drug-likeness (QED) is 0.488. The maximum absolute atomic E-state index is 13.3. The molecule has 0 bridgehead atoms. The molecule has 1 aliphatic heterocycles. The number of hydrogen-bond acceptors (Lipinski definition) is 4. The Morgan fingerprint density at radius 1 is 1.09 bits per heavy atom. The Kier molecular flexibility index (Phi) is 8.38. The fourth-order valence-electron chi connectivity index (χ4n) is 6.10. The number of primary amides is 1. The van der Waals surface area contributed by atoms with Crippen LogP contribution in [0.4, 0.5) is 0 Å². The van der Waals surface area contributed by atoms with Crippen LogP contribution < -0.4 is 11.4 Å². The minimum absolute atomic E-state index is 0.0961. The second-order valence-electron chi connectivity index (χ2n) is 10.9. The van der Waals surface area contributed by atoms with Crippen molar-refractivity contribution >= 4 is 16.9 Å². The topological polar surface area (TPSA) is 76.5 Å². The van der Waals surface area contributed by atoms with Crippen LogP contribution in [0.1, 0.15) is 90.3 Å². The molecular weight excluding hydrogens is 438 g/mol. The molecule has 194 valence electrons. The molecule has 1 amide bonds. The maximum Gasteiger partial charge on any atom is 0.330 e. The third-order valence-corrected chi connectivity index (χ3v) is 8.05. The fraction of sp³-hybridized carbons (Fsp3) is 0.714. The molecule has 0 radical (unpaired) electrons. The fourth-order valence-corrected chi connectivity index (χ4v) is 6.10. The number of imidazole rings is 1. The van der Waals surface area contributed by atoms with Gasteiger partial charge in [0.1, 0.15) is 6.04 Å². The first-order valence-corrected chi connectivity index (χ1v) is 13.9. The molecule has 1 saturated carbocycles. The standard InChI is InChI=1S/C28H45N5O2/c1-5-8-21(9-6-2)19-31-15-14-30(17-20(31)4)18-22-10-13-25-26(16-22)32(23-11-12-23)28(35)33(25)24(7-3)27(29)34/h10,13,16,20-21,23-24H,5-9,11-12,14-15,17-19H2,1-4H3,(H2,29,34). The van der Waals surface area contributed by atoms with Crippen LogP contribution in [0, 0.1) is 5.92 Å². The van der Waals surface area contributed by atoms with Gasteiger partial charge in [0, 0.05) is 44.8 Å². The molecule has 1 saturated heterocycles. The molecule has 2 atom stereocenters. The summed E-state index contributed by atoms with van der Waals surface area (Å²) in [7, 11) is 0. The second kappa shape index (κ2) is 11.3. The number of aromatic nitrogens is 2. The Morgan fingerprint density at radius 3 is 2.37 bits per heavy atom. The molecule has 0 spiro atoms. The van der Waals surface area contributed by atoms with Crippen LogP contribution in [-0.2, 0) is 11.3 Å². The smallest absolute Gasteiger partial charge is 0.330 e. The first-order valence-electron chi connectivity index (χ1n) is 13.9. The number of piperazine rings is 1. The lowest BCUT2D eigenvalue weighted by atomic mass is 9.96. The van der Waals surface area contributed by atoms with E-state index >= 15 is 0 Å². The molecule has 35 heavy (non-hydrogen) atoms. The highest BCUT2D eigenvalue weighted by Crippen LogP contribution is 2.37. The molecule has 2 N–H and O–H groups in total. The van der Waals surface area contributed by atoms with Crippen molar-refractivity contribution in [3.63, 3.8) is 0 Å². The second-order valence-corrected chi connectivity index (χ2v) is 10.9. The summed E-state index contributed by atoms with van der Waals surface area (Å²) in [5.74, 6) is 0.373. The van der Waals surface area contributed by atoms with Gasteiger partial charge in [-0.15, -0.1) is 0 Å². The summed E-state index contributed by atoms with van der Waals surface area (Å²) in [5.41, 5.74) is 8.57. The maximum atomic E-state index is 13.3. The van der Waals surface area contributed by atoms with Crippen molar-refractivity contribution in [2.75, 3.05) is 26.2 Å². The Labute approximate surface area is 210 Å². The van der Waals surface area contributed by atoms with Crippen molar-refractivity contribution in [2.24, 2.45) is 11.7 Å². The molecule has 1 aromatic heterocycles. The van der Waals surface area contributed by atoms with Crippen LogP contribution in [0.5, 0.6) is 0 Å². The number of carbonyl (C=O) groups excluding carboxylic acids is 1. The van der Waals surface area contributed by atoms with Crippen molar-refractivity contribution < 1.29 is 4.79 Å². The molecular formula is C28H45N5O2. The highest BCUT2D eigenvalue weighted by Gasteiger charge is 2.32. The minimum Gasteiger partial charge on any atom is -0.368 e. The number of fused-ring (bicyclic) bond motifs is 1. The van der Waals surface area contributed by atoms with Crippen LogP contribution in [0.15, 0.2) is 23.0 Å². The van der Waals surface area contributed by atoms with Crippen molar-refractivity contribution in [3.05, 3.63) is 34.2 Å². The molecule has 4 rings (SSSR count).